The number of ether oxygens (including phenoxy) is 4. The Bertz CT molecular complexity index is 784. The van der Waals surface area contributed by atoms with Gasteiger partial charge in [0, 0.05) is 6.54 Å². The van der Waals surface area contributed by atoms with Gasteiger partial charge in [-0.15, -0.1) is 0 Å². The van der Waals surface area contributed by atoms with Crippen LogP contribution in [0.4, 0.5) is 8.78 Å². The maximum Gasteiger partial charge on any atom is 0.387 e. The molecule has 1 aliphatic heterocycles. The van der Waals surface area contributed by atoms with Crippen LogP contribution in [0.3, 0.4) is 0 Å². The van der Waals surface area contributed by atoms with Gasteiger partial charge < -0.3 is 24.3 Å². The van der Waals surface area contributed by atoms with Crippen molar-refractivity contribution in [3.63, 3.8) is 0 Å². The molecule has 3 rings (SSSR count). The Kier molecular flexibility index (Phi) is 5.40. The van der Waals surface area contributed by atoms with Gasteiger partial charge in [-0.3, -0.25) is 4.79 Å². The molecule has 2 aromatic carbocycles. The van der Waals surface area contributed by atoms with Gasteiger partial charge in [0.25, 0.3) is 5.91 Å². The first-order valence-electron chi connectivity index (χ1n) is 7.84. The Balaban J connectivity index is 1.59. The summed E-state index contributed by atoms with van der Waals surface area (Å²) in [5.41, 5.74) is 0.661. The number of para-hydroxylation sites is 2. The lowest BCUT2D eigenvalue weighted by Gasteiger charge is -2.25. The van der Waals surface area contributed by atoms with Crippen LogP contribution in [0, 0.1) is 0 Å². The standard InChI is InChI=1S/C18H17F2NO5/c1-23-15-8-11(6-7-14(15)26-18(19)20)9-21-17(22)16-10-24-12-4-2-3-5-13(12)25-16/h2-8,16,18H,9-10H2,1H3,(H,21,22)/t16-/m0/s1. The maximum atomic E-state index is 12.3. The molecule has 2 aromatic rings. The van der Waals surface area contributed by atoms with Crippen molar-refractivity contribution in [2.24, 2.45) is 0 Å². The minimum Gasteiger partial charge on any atom is -0.493 e. The molecule has 0 fully saturated rings. The van der Waals surface area contributed by atoms with Crippen molar-refractivity contribution in [3.05, 3.63) is 48.0 Å². The summed E-state index contributed by atoms with van der Waals surface area (Å²) in [6.07, 6.45) is -0.770. The zero-order valence-electron chi connectivity index (χ0n) is 13.9. The van der Waals surface area contributed by atoms with Gasteiger partial charge in [0.1, 0.15) is 6.61 Å². The van der Waals surface area contributed by atoms with Crippen molar-refractivity contribution in [1.29, 1.82) is 0 Å². The second kappa shape index (κ2) is 7.90. The minimum atomic E-state index is -2.94. The second-order valence-corrected chi connectivity index (χ2v) is 5.45. The Labute approximate surface area is 148 Å². The predicted octanol–water partition coefficient (Wildman–Crippen LogP) is 2.75. The number of halogens is 2. The third-order valence-corrected chi connectivity index (χ3v) is 3.71. The molecule has 0 radical (unpaired) electrons. The first-order valence-corrected chi connectivity index (χ1v) is 7.84. The minimum absolute atomic E-state index is 0.0711. The van der Waals surface area contributed by atoms with Gasteiger partial charge >= 0.3 is 6.61 Å². The number of amides is 1. The highest BCUT2D eigenvalue weighted by Crippen LogP contribution is 2.31. The van der Waals surface area contributed by atoms with Gasteiger partial charge in [0.2, 0.25) is 6.10 Å². The summed E-state index contributed by atoms with van der Waals surface area (Å²) in [5.74, 6) is 0.845. The number of carbonyl (C=O) groups is 1. The van der Waals surface area contributed by atoms with Crippen LogP contribution >= 0.6 is 0 Å². The number of hydrogen-bond donors (Lipinski definition) is 1. The topological polar surface area (TPSA) is 66.0 Å². The highest BCUT2D eigenvalue weighted by molar-refractivity contribution is 5.81. The predicted molar refractivity (Wildman–Crippen MR) is 87.8 cm³/mol. The van der Waals surface area contributed by atoms with Gasteiger partial charge in [-0.1, -0.05) is 18.2 Å². The molecule has 0 saturated heterocycles. The highest BCUT2D eigenvalue weighted by Gasteiger charge is 2.27. The van der Waals surface area contributed by atoms with E-state index < -0.39 is 12.7 Å². The third kappa shape index (κ3) is 4.14. The number of methoxy groups -OCH3 is 1. The fraction of sp³-hybridized carbons (Fsp3) is 0.278. The molecule has 0 bridgehead atoms. The molecular weight excluding hydrogens is 348 g/mol. The fourth-order valence-electron chi connectivity index (χ4n) is 2.47. The van der Waals surface area contributed by atoms with Crippen LogP contribution in [0.5, 0.6) is 23.0 Å². The third-order valence-electron chi connectivity index (χ3n) is 3.71. The average molecular weight is 365 g/mol. The molecule has 1 heterocycles. The second-order valence-electron chi connectivity index (χ2n) is 5.45. The van der Waals surface area contributed by atoms with Gasteiger partial charge in [-0.2, -0.15) is 8.78 Å². The first kappa shape index (κ1) is 17.8. The molecule has 6 nitrogen and oxygen atoms in total. The van der Waals surface area contributed by atoms with Crippen LogP contribution in [0.15, 0.2) is 42.5 Å². The summed E-state index contributed by atoms with van der Waals surface area (Å²) < 4.78 is 45.2. The summed E-state index contributed by atoms with van der Waals surface area (Å²) in [4.78, 5) is 12.3. The Morgan fingerprint density at radius 2 is 2.00 bits per heavy atom. The molecule has 1 amide bonds. The van der Waals surface area contributed by atoms with E-state index in [9.17, 15) is 13.6 Å². The van der Waals surface area contributed by atoms with Crippen molar-refractivity contribution in [2.75, 3.05) is 13.7 Å². The molecule has 1 aliphatic rings. The van der Waals surface area contributed by atoms with Gasteiger partial charge in [-0.05, 0) is 29.8 Å². The van der Waals surface area contributed by atoms with Crippen LogP contribution in [0.25, 0.3) is 0 Å². The monoisotopic (exact) mass is 365 g/mol. The van der Waals surface area contributed by atoms with E-state index >= 15 is 0 Å². The van der Waals surface area contributed by atoms with E-state index in [2.05, 4.69) is 10.1 Å². The van der Waals surface area contributed by atoms with Crippen LogP contribution in [-0.4, -0.2) is 32.3 Å². The molecule has 26 heavy (non-hydrogen) atoms. The largest absolute Gasteiger partial charge is 0.493 e. The quantitative estimate of drug-likeness (QED) is 0.853. The van der Waals surface area contributed by atoms with Crippen molar-refractivity contribution in [1.82, 2.24) is 5.32 Å². The highest BCUT2D eigenvalue weighted by atomic mass is 19.3. The van der Waals surface area contributed by atoms with Crippen molar-refractivity contribution in [3.8, 4) is 23.0 Å². The lowest BCUT2D eigenvalue weighted by Crippen LogP contribution is -2.43. The summed E-state index contributed by atoms with van der Waals surface area (Å²) in [5, 5.41) is 2.72. The lowest BCUT2D eigenvalue weighted by molar-refractivity contribution is -0.130. The molecular formula is C18H17F2NO5. The number of hydrogen-bond acceptors (Lipinski definition) is 5. The van der Waals surface area contributed by atoms with Gasteiger partial charge in [-0.25, -0.2) is 0 Å². The summed E-state index contributed by atoms with van der Waals surface area (Å²) >= 11 is 0. The van der Waals surface area contributed by atoms with Crippen LogP contribution in [0.2, 0.25) is 0 Å². The van der Waals surface area contributed by atoms with Crippen molar-refractivity contribution < 1.29 is 32.5 Å². The van der Waals surface area contributed by atoms with Crippen LogP contribution in [-0.2, 0) is 11.3 Å². The molecule has 8 heteroatoms. The lowest BCUT2D eigenvalue weighted by atomic mass is 10.2. The molecule has 0 spiro atoms. The van der Waals surface area contributed by atoms with Gasteiger partial charge in [0.15, 0.2) is 23.0 Å². The SMILES string of the molecule is COc1cc(CNC(=O)[C@@H]2COc3ccccc3O2)ccc1OC(F)F. The van der Waals surface area contributed by atoms with Crippen LogP contribution < -0.4 is 24.3 Å². The smallest absolute Gasteiger partial charge is 0.387 e. The van der Waals surface area contributed by atoms with Crippen LogP contribution in [0.1, 0.15) is 5.56 Å². The number of benzene rings is 2. The van der Waals surface area contributed by atoms with E-state index in [4.69, 9.17) is 14.2 Å². The van der Waals surface area contributed by atoms with Crippen molar-refractivity contribution >= 4 is 5.91 Å². The van der Waals surface area contributed by atoms with E-state index in [1.807, 2.05) is 6.07 Å². The number of rotatable bonds is 6. The van der Waals surface area contributed by atoms with E-state index in [1.165, 1.54) is 19.2 Å². The molecule has 0 unspecified atom stereocenters. The normalized spacial score (nSPS) is 15.5. The Morgan fingerprint density at radius 3 is 2.73 bits per heavy atom. The molecule has 1 atom stereocenters. The summed E-state index contributed by atoms with van der Waals surface area (Å²) in [6, 6.07) is 11.5. The fourth-order valence-corrected chi connectivity index (χ4v) is 2.47. The molecule has 138 valence electrons. The number of alkyl halides is 2. The Morgan fingerprint density at radius 1 is 1.23 bits per heavy atom. The Hall–Kier alpha value is -3.03. The molecule has 0 aromatic heterocycles. The maximum absolute atomic E-state index is 12.3. The molecule has 1 N–H and O–H groups in total. The molecule has 0 aliphatic carbocycles. The summed E-state index contributed by atoms with van der Waals surface area (Å²) in [6.45, 7) is -2.67. The number of fused-ring (bicyclic) bond motifs is 1. The number of carbonyl (C=O) groups excluding carboxylic acids is 1. The summed E-state index contributed by atoms with van der Waals surface area (Å²) in [7, 11) is 1.35. The van der Waals surface area contributed by atoms with E-state index in [1.54, 1.807) is 24.3 Å². The van der Waals surface area contributed by atoms with Gasteiger partial charge in [0.05, 0.1) is 7.11 Å². The number of nitrogens with one attached hydrogen (secondary N) is 1. The average Bonchev–Trinajstić information content (AvgIpc) is 2.66. The molecule has 0 saturated carbocycles. The van der Waals surface area contributed by atoms with E-state index in [0.717, 1.165) is 0 Å². The van der Waals surface area contributed by atoms with E-state index in [-0.39, 0.29) is 30.6 Å². The zero-order valence-corrected chi connectivity index (χ0v) is 13.9. The zero-order chi connectivity index (χ0) is 18.5. The van der Waals surface area contributed by atoms with E-state index in [0.29, 0.717) is 17.1 Å². The first-order chi connectivity index (χ1) is 12.6. The van der Waals surface area contributed by atoms with Crippen molar-refractivity contribution in [2.45, 2.75) is 19.3 Å².